The minimum atomic E-state index is -0.201. The molecule has 0 bridgehead atoms. The Morgan fingerprint density at radius 1 is 1.22 bits per heavy atom. The predicted molar refractivity (Wildman–Crippen MR) is 88.4 cm³/mol. The van der Waals surface area contributed by atoms with Crippen molar-refractivity contribution >= 4 is 5.91 Å². The van der Waals surface area contributed by atoms with E-state index in [0.717, 1.165) is 18.4 Å². The molecule has 0 N–H and O–H groups in total. The third-order valence-corrected chi connectivity index (χ3v) is 3.99. The van der Waals surface area contributed by atoms with Crippen molar-refractivity contribution in [2.45, 2.75) is 45.3 Å². The molecule has 23 heavy (non-hydrogen) atoms. The van der Waals surface area contributed by atoms with Gasteiger partial charge in [-0.15, -0.1) is 0 Å². The van der Waals surface area contributed by atoms with E-state index in [0.29, 0.717) is 18.3 Å². The van der Waals surface area contributed by atoms with Crippen LogP contribution in [-0.2, 0) is 6.54 Å². The number of rotatable bonds is 5. The van der Waals surface area contributed by atoms with Crippen molar-refractivity contribution in [3.8, 4) is 0 Å². The van der Waals surface area contributed by atoms with Crippen LogP contribution in [0.4, 0.5) is 0 Å². The van der Waals surface area contributed by atoms with Crippen molar-refractivity contribution in [1.82, 2.24) is 14.7 Å². The lowest BCUT2D eigenvalue weighted by Gasteiger charge is -2.26. The fraction of sp³-hybridized carbons (Fsp3) is 0.389. The van der Waals surface area contributed by atoms with Gasteiger partial charge in [-0.05, 0) is 38.3 Å². The van der Waals surface area contributed by atoms with Crippen molar-refractivity contribution in [3.05, 3.63) is 64.1 Å². The number of nitrogens with zero attached hydrogens (tertiary/aromatic N) is 3. The van der Waals surface area contributed by atoms with Crippen LogP contribution < -0.4 is 5.56 Å². The van der Waals surface area contributed by atoms with Crippen molar-refractivity contribution in [1.29, 1.82) is 0 Å². The maximum Gasteiger partial charge on any atom is 0.274 e. The van der Waals surface area contributed by atoms with E-state index in [1.165, 1.54) is 16.8 Å². The van der Waals surface area contributed by atoms with Gasteiger partial charge in [0.1, 0.15) is 5.69 Å². The third kappa shape index (κ3) is 3.50. The molecule has 0 aliphatic heterocycles. The molecule has 120 valence electrons. The molecule has 0 unspecified atom stereocenters. The van der Waals surface area contributed by atoms with Gasteiger partial charge in [0.2, 0.25) is 0 Å². The molecule has 3 rings (SSSR count). The van der Waals surface area contributed by atoms with Gasteiger partial charge in [-0.25, -0.2) is 4.68 Å². The fourth-order valence-corrected chi connectivity index (χ4v) is 2.74. The monoisotopic (exact) mass is 311 g/mol. The van der Waals surface area contributed by atoms with E-state index in [1.54, 1.807) is 0 Å². The van der Waals surface area contributed by atoms with Gasteiger partial charge in [0.15, 0.2) is 0 Å². The summed E-state index contributed by atoms with van der Waals surface area (Å²) in [7, 11) is 0. The van der Waals surface area contributed by atoms with Crippen molar-refractivity contribution in [2.75, 3.05) is 0 Å². The number of carbonyl (C=O) groups excluding carboxylic acids is 1. The van der Waals surface area contributed by atoms with Crippen molar-refractivity contribution in [3.63, 3.8) is 0 Å². The minimum absolute atomic E-state index is 0.0932. The molecule has 5 nitrogen and oxygen atoms in total. The number of hydrogen-bond acceptors (Lipinski definition) is 3. The van der Waals surface area contributed by atoms with Crippen LogP contribution in [0, 0.1) is 0 Å². The number of aromatic nitrogens is 2. The van der Waals surface area contributed by atoms with Gasteiger partial charge < -0.3 is 4.90 Å². The summed E-state index contributed by atoms with van der Waals surface area (Å²) in [5, 5.41) is 4.29. The second-order valence-corrected chi connectivity index (χ2v) is 6.24. The fourth-order valence-electron chi connectivity index (χ4n) is 2.74. The molecular formula is C18H21N3O2. The Hall–Kier alpha value is -2.43. The number of hydrogen-bond donors (Lipinski definition) is 0. The third-order valence-electron chi connectivity index (χ3n) is 3.99. The summed E-state index contributed by atoms with van der Waals surface area (Å²) >= 11 is 0. The summed E-state index contributed by atoms with van der Waals surface area (Å²) in [5.74, 6) is -0.0932. The molecular weight excluding hydrogens is 290 g/mol. The lowest BCUT2D eigenvalue weighted by atomic mass is 10.2. The Kier molecular flexibility index (Phi) is 4.28. The molecule has 5 heteroatoms. The molecule has 1 heterocycles. The second-order valence-electron chi connectivity index (χ2n) is 6.24. The average Bonchev–Trinajstić information content (AvgIpc) is 3.35. The molecule has 1 aliphatic rings. The van der Waals surface area contributed by atoms with Gasteiger partial charge in [-0.2, -0.15) is 5.10 Å². The lowest BCUT2D eigenvalue weighted by molar-refractivity contribution is 0.0681. The molecule has 0 radical (unpaired) electrons. The molecule has 1 aromatic carbocycles. The zero-order valence-electron chi connectivity index (χ0n) is 13.5. The molecule has 2 aromatic rings. The smallest absolute Gasteiger partial charge is 0.274 e. The minimum Gasteiger partial charge on any atom is -0.332 e. The van der Waals surface area contributed by atoms with Crippen LogP contribution in [0.5, 0.6) is 0 Å². The number of benzene rings is 1. The van der Waals surface area contributed by atoms with E-state index in [2.05, 4.69) is 5.10 Å². The summed E-state index contributed by atoms with van der Waals surface area (Å²) < 4.78 is 1.36. The van der Waals surface area contributed by atoms with Gasteiger partial charge in [0.05, 0.1) is 6.54 Å². The van der Waals surface area contributed by atoms with Crippen LogP contribution in [0.1, 0.15) is 42.7 Å². The summed E-state index contributed by atoms with van der Waals surface area (Å²) in [6.45, 7) is 4.39. The van der Waals surface area contributed by atoms with E-state index < -0.39 is 0 Å². The van der Waals surface area contributed by atoms with Crippen LogP contribution >= 0.6 is 0 Å². The molecule has 1 amide bonds. The Morgan fingerprint density at radius 3 is 2.52 bits per heavy atom. The first kappa shape index (κ1) is 15.5. The predicted octanol–water partition coefficient (Wildman–Crippen LogP) is 2.30. The summed E-state index contributed by atoms with van der Waals surface area (Å²) in [4.78, 5) is 26.6. The number of amides is 1. The SMILES string of the molecule is CC(C)N(C(=O)c1ccc(=O)n(Cc2ccccc2)n1)C1CC1. The quantitative estimate of drug-likeness (QED) is 0.851. The maximum absolute atomic E-state index is 12.7. The van der Waals surface area contributed by atoms with E-state index >= 15 is 0 Å². The van der Waals surface area contributed by atoms with Crippen LogP contribution in [-0.4, -0.2) is 32.7 Å². The van der Waals surface area contributed by atoms with E-state index in [9.17, 15) is 9.59 Å². The van der Waals surface area contributed by atoms with E-state index in [4.69, 9.17) is 0 Å². The zero-order valence-corrected chi connectivity index (χ0v) is 13.5. The highest BCUT2D eigenvalue weighted by atomic mass is 16.2. The molecule has 1 fully saturated rings. The largest absolute Gasteiger partial charge is 0.332 e. The Labute approximate surface area is 135 Å². The second kappa shape index (κ2) is 6.36. The van der Waals surface area contributed by atoms with Gasteiger partial charge in [-0.1, -0.05) is 30.3 Å². The molecule has 1 saturated carbocycles. The van der Waals surface area contributed by atoms with Crippen molar-refractivity contribution in [2.24, 2.45) is 0 Å². The average molecular weight is 311 g/mol. The van der Waals surface area contributed by atoms with E-state index in [-0.39, 0.29) is 17.5 Å². The highest BCUT2D eigenvalue weighted by Crippen LogP contribution is 2.29. The Balaban J connectivity index is 1.87. The standard InChI is InChI=1S/C18H21N3O2/c1-13(2)21(15-8-9-15)18(23)16-10-11-17(22)20(19-16)12-14-6-4-3-5-7-14/h3-7,10-11,13,15H,8-9,12H2,1-2H3. The van der Waals surface area contributed by atoms with Gasteiger partial charge in [-0.3, -0.25) is 9.59 Å². The van der Waals surface area contributed by atoms with Gasteiger partial charge in [0.25, 0.3) is 11.5 Å². The highest BCUT2D eigenvalue weighted by molar-refractivity contribution is 5.92. The first-order valence-electron chi connectivity index (χ1n) is 8.01. The summed E-state index contributed by atoms with van der Waals surface area (Å²) in [5.41, 5.74) is 1.11. The Bertz CT molecular complexity index is 746. The zero-order chi connectivity index (χ0) is 16.4. The normalized spacial score (nSPS) is 14.0. The van der Waals surface area contributed by atoms with Crippen LogP contribution in [0.15, 0.2) is 47.3 Å². The van der Waals surface area contributed by atoms with Crippen LogP contribution in [0.2, 0.25) is 0 Å². The first-order valence-corrected chi connectivity index (χ1v) is 8.01. The van der Waals surface area contributed by atoms with Gasteiger partial charge >= 0.3 is 0 Å². The topological polar surface area (TPSA) is 55.2 Å². The summed E-state index contributed by atoms with van der Waals surface area (Å²) in [6.07, 6.45) is 2.10. The van der Waals surface area contributed by atoms with Gasteiger partial charge in [0, 0.05) is 18.2 Å². The highest BCUT2D eigenvalue weighted by Gasteiger charge is 2.35. The summed E-state index contributed by atoms with van der Waals surface area (Å²) in [6, 6.07) is 13.0. The molecule has 0 spiro atoms. The van der Waals surface area contributed by atoms with Crippen LogP contribution in [0.3, 0.4) is 0 Å². The van der Waals surface area contributed by atoms with Crippen molar-refractivity contribution < 1.29 is 4.79 Å². The maximum atomic E-state index is 12.7. The van der Waals surface area contributed by atoms with E-state index in [1.807, 2.05) is 49.1 Å². The lowest BCUT2D eigenvalue weighted by Crippen LogP contribution is -2.40. The Morgan fingerprint density at radius 2 is 1.91 bits per heavy atom. The first-order chi connectivity index (χ1) is 11.1. The molecule has 0 atom stereocenters. The molecule has 0 saturated heterocycles. The molecule has 1 aliphatic carbocycles. The van der Waals surface area contributed by atoms with Crippen LogP contribution in [0.25, 0.3) is 0 Å². The molecule has 1 aromatic heterocycles. The number of carbonyl (C=O) groups is 1.